The number of halogens is 3. The predicted octanol–water partition coefficient (Wildman–Crippen LogP) is 4.76. The number of alkyl halides is 3. The van der Waals surface area contributed by atoms with E-state index in [-0.39, 0.29) is 30.9 Å². The normalized spacial score (nSPS) is 17.0. The first-order valence-corrected chi connectivity index (χ1v) is 11.2. The second-order valence-electron chi connectivity index (χ2n) is 8.47. The van der Waals surface area contributed by atoms with E-state index in [1.54, 1.807) is 24.3 Å². The van der Waals surface area contributed by atoms with Crippen molar-refractivity contribution in [2.45, 2.75) is 25.2 Å². The number of benzene rings is 2. The Kier molecular flexibility index (Phi) is 5.98. The van der Waals surface area contributed by atoms with E-state index in [4.69, 9.17) is 9.47 Å². The molecule has 1 aliphatic heterocycles. The number of ether oxygens (including phenoxy) is 3. The molecule has 8 nitrogen and oxygen atoms in total. The summed E-state index contributed by atoms with van der Waals surface area (Å²) >= 11 is 0. The summed E-state index contributed by atoms with van der Waals surface area (Å²) in [5, 5.41) is 3.54. The number of carbonyl (C=O) groups is 2. The predicted molar refractivity (Wildman–Crippen MR) is 125 cm³/mol. The lowest BCUT2D eigenvalue weighted by Gasteiger charge is -2.39. The monoisotopic (exact) mass is 511 g/mol. The minimum atomic E-state index is -4.84. The quantitative estimate of drug-likeness (QED) is 0.362. The molecule has 1 unspecified atom stereocenters. The number of rotatable bonds is 6. The Morgan fingerprint density at radius 1 is 1.19 bits per heavy atom. The minimum absolute atomic E-state index is 0.00747. The summed E-state index contributed by atoms with van der Waals surface area (Å²) in [6.45, 7) is 2.30. The Morgan fingerprint density at radius 2 is 1.97 bits per heavy atom. The summed E-state index contributed by atoms with van der Waals surface area (Å²) < 4.78 is 53.0. The lowest BCUT2D eigenvalue weighted by molar-refractivity contribution is -0.274. The lowest BCUT2D eigenvalue weighted by Crippen LogP contribution is -2.50. The van der Waals surface area contributed by atoms with E-state index in [0.717, 1.165) is 5.56 Å². The van der Waals surface area contributed by atoms with Gasteiger partial charge in [-0.25, -0.2) is 0 Å². The molecule has 0 bridgehead atoms. The van der Waals surface area contributed by atoms with Crippen molar-refractivity contribution in [1.82, 2.24) is 15.3 Å². The number of carbonyl (C=O) groups excluding carboxylic acids is 2. The first-order valence-electron chi connectivity index (χ1n) is 11.2. The van der Waals surface area contributed by atoms with Gasteiger partial charge in [-0.15, -0.1) is 13.2 Å². The largest absolute Gasteiger partial charge is 0.573 e. The SMILES string of the molecule is Cc1ccc2[nH]c(C(=O)NC3(c4ccc(OC(F)(F)F)cc4)CCOc4cccnc43)c(OC=O)c2c1. The maximum atomic E-state index is 13.7. The zero-order chi connectivity index (χ0) is 26.2. The number of aryl methyl sites for hydroxylation is 1. The van der Waals surface area contributed by atoms with Gasteiger partial charge in [-0.05, 0) is 48.9 Å². The number of pyridine rings is 1. The van der Waals surface area contributed by atoms with E-state index in [9.17, 15) is 22.8 Å². The number of H-pyrrole nitrogens is 1. The zero-order valence-corrected chi connectivity index (χ0v) is 19.4. The molecule has 1 amide bonds. The Hall–Kier alpha value is -4.54. The van der Waals surface area contributed by atoms with Crippen LogP contribution >= 0.6 is 0 Å². The highest BCUT2D eigenvalue weighted by atomic mass is 19.4. The van der Waals surface area contributed by atoms with Gasteiger partial charge in [0, 0.05) is 23.5 Å². The standard InChI is InChI=1S/C26H20F3N3O5/c1-15-4-9-19-18(13-15)22(36-14-33)21(31-19)24(34)32-25(10-12-35-20-3-2-11-30-23(20)25)16-5-7-17(8-6-16)37-26(27,28)29/h2-9,11,13-14,31H,10,12H2,1H3,(H,32,34). The van der Waals surface area contributed by atoms with E-state index >= 15 is 0 Å². The van der Waals surface area contributed by atoms with Crippen LogP contribution in [0.4, 0.5) is 13.2 Å². The van der Waals surface area contributed by atoms with Gasteiger partial charge in [0.25, 0.3) is 12.4 Å². The first kappa shape index (κ1) is 24.2. The number of nitrogens with zero attached hydrogens (tertiary/aromatic N) is 1. The lowest BCUT2D eigenvalue weighted by atomic mass is 9.81. The molecule has 11 heteroatoms. The molecule has 0 aliphatic carbocycles. The summed E-state index contributed by atoms with van der Waals surface area (Å²) in [6.07, 6.45) is -3.09. The fraction of sp³-hybridized carbons (Fsp3) is 0.192. The van der Waals surface area contributed by atoms with Crippen LogP contribution in [0.5, 0.6) is 17.2 Å². The van der Waals surface area contributed by atoms with E-state index < -0.39 is 23.6 Å². The van der Waals surface area contributed by atoms with Crippen LogP contribution in [0.3, 0.4) is 0 Å². The highest BCUT2D eigenvalue weighted by molar-refractivity contribution is 6.04. The van der Waals surface area contributed by atoms with Crippen LogP contribution < -0.4 is 19.5 Å². The van der Waals surface area contributed by atoms with Gasteiger partial charge >= 0.3 is 6.36 Å². The molecule has 0 saturated heterocycles. The fourth-order valence-electron chi connectivity index (χ4n) is 4.54. The van der Waals surface area contributed by atoms with Gasteiger partial charge in [0.15, 0.2) is 5.75 Å². The van der Waals surface area contributed by atoms with Gasteiger partial charge in [-0.2, -0.15) is 0 Å². The first-order chi connectivity index (χ1) is 17.7. The van der Waals surface area contributed by atoms with E-state index in [0.29, 0.717) is 27.9 Å². The Bertz CT molecular complexity index is 1480. The van der Waals surface area contributed by atoms with Crippen LogP contribution in [0.1, 0.15) is 33.7 Å². The summed E-state index contributed by atoms with van der Waals surface area (Å²) in [5.74, 6) is -0.539. The topological polar surface area (TPSA) is 103 Å². The van der Waals surface area contributed by atoms with Crippen molar-refractivity contribution in [3.05, 3.63) is 83.3 Å². The Morgan fingerprint density at radius 3 is 2.70 bits per heavy atom. The van der Waals surface area contributed by atoms with Crippen LogP contribution in [0.2, 0.25) is 0 Å². The van der Waals surface area contributed by atoms with Crippen molar-refractivity contribution in [3.63, 3.8) is 0 Å². The number of nitrogens with one attached hydrogen (secondary N) is 2. The van der Waals surface area contributed by atoms with Crippen molar-refractivity contribution in [2.75, 3.05) is 6.61 Å². The molecule has 37 heavy (non-hydrogen) atoms. The number of fused-ring (bicyclic) bond motifs is 2. The zero-order valence-electron chi connectivity index (χ0n) is 19.4. The molecule has 3 heterocycles. The van der Waals surface area contributed by atoms with Gasteiger partial charge in [-0.3, -0.25) is 14.6 Å². The summed E-state index contributed by atoms with van der Waals surface area (Å²) in [6, 6.07) is 14.0. The second kappa shape index (κ2) is 9.16. The van der Waals surface area contributed by atoms with Crippen molar-refractivity contribution in [1.29, 1.82) is 0 Å². The number of aromatic amines is 1. The number of amides is 1. The third-order valence-electron chi connectivity index (χ3n) is 6.12. The molecular formula is C26H20F3N3O5. The molecule has 2 aromatic carbocycles. The molecule has 2 N–H and O–H groups in total. The molecule has 1 aliphatic rings. The Labute approximate surface area is 208 Å². The smallest absolute Gasteiger partial charge is 0.491 e. The van der Waals surface area contributed by atoms with Crippen LogP contribution in [-0.2, 0) is 10.3 Å². The minimum Gasteiger partial charge on any atom is -0.491 e. The number of hydrogen-bond donors (Lipinski definition) is 2. The van der Waals surface area contributed by atoms with Gasteiger partial charge in [0.05, 0.1) is 6.61 Å². The van der Waals surface area contributed by atoms with E-state index in [1.807, 2.05) is 13.0 Å². The third kappa shape index (κ3) is 4.55. The third-order valence-corrected chi connectivity index (χ3v) is 6.12. The van der Waals surface area contributed by atoms with Crippen LogP contribution in [-0.4, -0.2) is 35.3 Å². The molecular weight excluding hydrogens is 491 g/mol. The van der Waals surface area contributed by atoms with Crippen LogP contribution in [0.25, 0.3) is 10.9 Å². The molecule has 0 saturated carbocycles. The summed E-state index contributed by atoms with van der Waals surface area (Å²) in [7, 11) is 0. The highest BCUT2D eigenvalue weighted by Gasteiger charge is 2.43. The highest BCUT2D eigenvalue weighted by Crippen LogP contribution is 2.42. The molecule has 4 aromatic rings. The maximum absolute atomic E-state index is 13.7. The van der Waals surface area contributed by atoms with Gasteiger partial charge in [0.2, 0.25) is 0 Å². The molecule has 1 atom stereocenters. The van der Waals surface area contributed by atoms with Crippen molar-refractivity contribution in [3.8, 4) is 17.2 Å². The molecule has 0 radical (unpaired) electrons. The fourth-order valence-corrected chi connectivity index (χ4v) is 4.54. The maximum Gasteiger partial charge on any atom is 0.573 e. The van der Waals surface area contributed by atoms with E-state index in [1.165, 1.54) is 30.5 Å². The molecule has 2 aromatic heterocycles. The van der Waals surface area contributed by atoms with Crippen LogP contribution in [0, 0.1) is 6.92 Å². The van der Waals surface area contributed by atoms with Gasteiger partial charge in [-0.1, -0.05) is 23.8 Å². The number of hydrogen-bond acceptors (Lipinski definition) is 6. The molecule has 0 fully saturated rings. The van der Waals surface area contributed by atoms with Gasteiger partial charge < -0.3 is 24.5 Å². The van der Waals surface area contributed by atoms with Gasteiger partial charge in [0.1, 0.15) is 28.4 Å². The second-order valence-corrected chi connectivity index (χ2v) is 8.47. The Balaban J connectivity index is 1.61. The van der Waals surface area contributed by atoms with Crippen molar-refractivity contribution >= 4 is 23.3 Å². The number of aromatic nitrogens is 2. The summed E-state index contributed by atoms with van der Waals surface area (Å²) in [4.78, 5) is 32.4. The van der Waals surface area contributed by atoms with E-state index in [2.05, 4.69) is 20.0 Å². The molecule has 190 valence electrons. The summed E-state index contributed by atoms with van der Waals surface area (Å²) in [5.41, 5.74) is 1.06. The molecule has 5 rings (SSSR count). The average molecular weight is 511 g/mol. The molecule has 0 spiro atoms. The van der Waals surface area contributed by atoms with Crippen molar-refractivity contribution < 1.29 is 37.0 Å². The van der Waals surface area contributed by atoms with Crippen molar-refractivity contribution in [2.24, 2.45) is 0 Å². The van der Waals surface area contributed by atoms with Crippen LogP contribution in [0.15, 0.2) is 60.8 Å². The average Bonchev–Trinajstić information content (AvgIpc) is 3.21.